The predicted octanol–water partition coefficient (Wildman–Crippen LogP) is 3.94. The van der Waals surface area contributed by atoms with Gasteiger partial charge in [0.2, 0.25) is 0 Å². The number of methoxy groups -OCH3 is 2. The molecule has 22 heavy (non-hydrogen) atoms. The van der Waals surface area contributed by atoms with E-state index in [1.165, 1.54) is 0 Å². The van der Waals surface area contributed by atoms with Crippen molar-refractivity contribution in [3.05, 3.63) is 40.4 Å². The fraction of sp³-hybridized carbons (Fsp3) is 0.375. The minimum Gasteiger partial charge on any atom is -0.495 e. The Morgan fingerprint density at radius 1 is 1.14 bits per heavy atom. The Morgan fingerprint density at radius 2 is 1.82 bits per heavy atom. The third-order valence-electron chi connectivity index (χ3n) is 3.45. The first-order chi connectivity index (χ1) is 10.5. The summed E-state index contributed by atoms with van der Waals surface area (Å²) in [6.07, 6.45) is 1.84. The van der Waals surface area contributed by atoms with Gasteiger partial charge in [0.1, 0.15) is 17.3 Å². The first kappa shape index (κ1) is 16.4. The Morgan fingerprint density at radius 3 is 2.41 bits per heavy atom. The number of nitrogens with one attached hydrogen (secondary N) is 1. The van der Waals surface area contributed by atoms with Crippen LogP contribution in [-0.4, -0.2) is 24.2 Å². The molecule has 0 fully saturated rings. The molecule has 1 aromatic heterocycles. The van der Waals surface area contributed by atoms with Gasteiger partial charge in [-0.05, 0) is 20.8 Å². The Hall–Kier alpha value is -2.01. The molecule has 0 aliphatic heterocycles. The van der Waals surface area contributed by atoms with E-state index in [9.17, 15) is 0 Å². The highest BCUT2D eigenvalue weighted by Gasteiger charge is 2.15. The molecular weight excluding hydrogens is 302 g/mol. The number of nitrogens with zero attached hydrogens (tertiary/aromatic N) is 2. The number of ether oxygens (including phenoxy) is 2. The second-order valence-electron chi connectivity index (χ2n) is 5.01. The van der Waals surface area contributed by atoms with Crippen molar-refractivity contribution in [1.29, 1.82) is 0 Å². The zero-order valence-electron chi connectivity index (χ0n) is 13.4. The lowest BCUT2D eigenvalue weighted by Crippen LogP contribution is -2.11. The highest BCUT2D eigenvalue weighted by Crippen LogP contribution is 2.37. The van der Waals surface area contributed by atoms with E-state index < -0.39 is 0 Å². The molecule has 0 aliphatic carbocycles. The smallest absolute Gasteiger partial charge is 0.143 e. The predicted molar refractivity (Wildman–Crippen MR) is 88.1 cm³/mol. The number of anilines is 1. The normalized spacial score (nSPS) is 11.9. The van der Waals surface area contributed by atoms with E-state index in [0.29, 0.717) is 16.5 Å². The van der Waals surface area contributed by atoms with Crippen molar-refractivity contribution in [3.8, 4) is 11.5 Å². The lowest BCUT2D eigenvalue weighted by molar-refractivity contribution is 0.404. The van der Waals surface area contributed by atoms with Crippen LogP contribution in [0.1, 0.15) is 30.0 Å². The first-order valence-corrected chi connectivity index (χ1v) is 7.32. The molecule has 0 spiro atoms. The molecule has 0 amide bonds. The highest BCUT2D eigenvalue weighted by atomic mass is 35.5. The number of halogens is 1. The maximum atomic E-state index is 6.12. The summed E-state index contributed by atoms with van der Waals surface area (Å²) in [7, 11) is 3.19. The van der Waals surface area contributed by atoms with Crippen molar-refractivity contribution in [2.45, 2.75) is 26.8 Å². The van der Waals surface area contributed by atoms with Crippen LogP contribution in [0.25, 0.3) is 0 Å². The highest BCUT2D eigenvalue weighted by molar-refractivity contribution is 6.32. The molecule has 2 rings (SSSR count). The van der Waals surface area contributed by atoms with Crippen molar-refractivity contribution in [1.82, 2.24) is 9.97 Å². The van der Waals surface area contributed by atoms with Gasteiger partial charge >= 0.3 is 0 Å². The fourth-order valence-corrected chi connectivity index (χ4v) is 2.53. The summed E-state index contributed by atoms with van der Waals surface area (Å²) < 4.78 is 10.6. The summed E-state index contributed by atoms with van der Waals surface area (Å²) in [6, 6.07) is 3.57. The summed E-state index contributed by atoms with van der Waals surface area (Å²) in [4.78, 5) is 8.66. The van der Waals surface area contributed by atoms with Gasteiger partial charge in [0.15, 0.2) is 0 Å². The molecule has 1 atom stereocenters. The summed E-state index contributed by atoms with van der Waals surface area (Å²) in [5.41, 5.74) is 2.78. The van der Waals surface area contributed by atoms with Gasteiger partial charge in [-0.15, -0.1) is 0 Å². The molecule has 0 bridgehead atoms. The average molecular weight is 322 g/mol. The average Bonchev–Trinajstić information content (AvgIpc) is 2.48. The van der Waals surface area contributed by atoms with Gasteiger partial charge in [-0.25, -0.2) is 9.97 Å². The van der Waals surface area contributed by atoms with Gasteiger partial charge in [0, 0.05) is 29.6 Å². The molecule has 118 valence electrons. The summed E-state index contributed by atoms with van der Waals surface area (Å²) in [5.74, 6) is 2.01. The monoisotopic (exact) mass is 321 g/mol. The van der Waals surface area contributed by atoms with Crippen molar-refractivity contribution < 1.29 is 9.47 Å². The molecule has 0 saturated heterocycles. The van der Waals surface area contributed by atoms with E-state index in [0.717, 1.165) is 22.8 Å². The number of rotatable bonds is 5. The van der Waals surface area contributed by atoms with E-state index >= 15 is 0 Å². The molecule has 0 radical (unpaired) electrons. The molecule has 1 unspecified atom stereocenters. The lowest BCUT2D eigenvalue weighted by atomic mass is 10.1. The van der Waals surface area contributed by atoms with Gasteiger partial charge in [0.25, 0.3) is 0 Å². The van der Waals surface area contributed by atoms with Crippen LogP contribution in [0.15, 0.2) is 18.3 Å². The Balaban J connectivity index is 2.32. The zero-order chi connectivity index (χ0) is 16.3. The topological polar surface area (TPSA) is 56.3 Å². The van der Waals surface area contributed by atoms with Crippen molar-refractivity contribution in [3.63, 3.8) is 0 Å². The second kappa shape index (κ2) is 6.83. The summed E-state index contributed by atoms with van der Waals surface area (Å²) in [6.45, 7) is 5.89. The molecule has 2 aromatic rings. The molecule has 5 nitrogen and oxygen atoms in total. The minimum atomic E-state index is 0.0142. The largest absolute Gasteiger partial charge is 0.495 e. The quantitative estimate of drug-likeness (QED) is 0.904. The van der Waals surface area contributed by atoms with Gasteiger partial charge in [0.05, 0.1) is 31.0 Å². The molecule has 0 aliphatic rings. The number of hydrogen-bond acceptors (Lipinski definition) is 5. The van der Waals surface area contributed by atoms with Crippen LogP contribution in [0.2, 0.25) is 5.02 Å². The standard InChI is InChI=1S/C16H20ClN3O2/c1-9-12(8-18-11(3)19-9)10(2)20-14-7-15(21-4)13(17)6-16(14)22-5/h6-8,10,20H,1-5H3. The van der Waals surface area contributed by atoms with Gasteiger partial charge in [-0.3, -0.25) is 0 Å². The van der Waals surface area contributed by atoms with E-state index in [4.69, 9.17) is 21.1 Å². The van der Waals surface area contributed by atoms with Crippen LogP contribution in [0, 0.1) is 13.8 Å². The molecule has 1 heterocycles. The molecular formula is C16H20ClN3O2. The Bertz CT molecular complexity index is 677. The zero-order valence-corrected chi connectivity index (χ0v) is 14.2. The number of hydrogen-bond donors (Lipinski definition) is 1. The number of aromatic nitrogens is 2. The fourth-order valence-electron chi connectivity index (χ4n) is 2.30. The Labute approximate surface area is 135 Å². The third-order valence-corrected chi connectivity index (χ3v) is 3.75. The molecule has 6 heteroatoms. The molecule has 0 saturated carbocycles. The third kappa shape index (κ3) is 3.42. The van der Waals surface area contributed by atoms with Gasteiger partial charge in [-0.1, -0.05) is 11.6 Å². The first-order valence-electron chi connectivity index (χ1n) is 6.94. The van der Waals surface area contributed by atoms with Gasteiger partial charge < -0.3 is 14.8 Å². The van der Waals surface area contributed by atoms with E-state index in [1.54, 1.807) is 20.3 Å². The van der Waals surface area contributed by atoms with E-state index in [1.807, 2.05) is 33.0 Å². The maximum absolute atomic E-state index is 6.12. The number of benzene rings is 1. The number of aryl methyl sites for hydroxylation is 2. The van der Waals surface area contributed by atoms with Crippen LogP contribution in [0.4, 0.5) is 5.69 Å². The SMILES string of the molecule is COc1cc(NC(C)c2cnc(C)nc2C)c(OC)cc1Cl. The van der Waals surface area contributed by atoms with Crippen molar-refractivity contribution in [2.24, 2.45) is 0 Å². The van der Waals surface area contributed by atoms with Crippen LogP contribution >= 0.6 is 11.6 Å². The van der Waals surface area contributed by atoms with Gasteiger partial charge in [-0.2, -0.15) is 0 Å². The summed E-state index contributed by atoms with van der Waals surface area (Å²) in [5, 5.41) is 3.90. The van der Waals surface area contributed by atoms with Crippen LogP contribution < -0.4 is 14.8 Å². The van der Waals surface area contributed by atoms with Crippen LogP contribution in [0.3, 0.4) is 0 Å². The van der Waals surface area contributed by atoms with E-state index in [2.05, 4.69) is 15.3 Å². The van der Waals surface area contributed by atoms with Crippen LogP contribution in [-0.2, 0) is 0 Å². The van der Waals surface area contributed by atoms with Crippen molar-refractivity contribution in [2.75, 3.05) is 19.5 Å². The lowest BCUT2D eigenvalue weighted by Gasteiger charge is -2.20. The molecule has 1 N–H and O–H groups in total. The summed E-state index contributed by atoms with van der Waals surface area (Å²) >= 11 is 6.12. The van der Waals surface area contributed by atoms with Crippen LogP contribution in [0.5, 0.6) is 11.5 Å². The molecule has 1 aromatic carbocycles. The minimum absolute atomic E-state index is 0.0142. The Kier molecular flexibility index (Phi) is 5.08. The van der Waals surface area contributed by atoms with E-state index in [-0.39, 0.29) is 6.04 Å². The van der Waals surface area contributed by atoms with Crippen molar-refractivity contribution >= 4 is 17.3 Å². The maximum Gasteiger partial charge on any atom is 0.143 e. The second-order valence-corrected chi connectivity index (χ2v) is 5.42.